The Morgan fingerprint density at radius 3 is 2.62 bits per heavy atom. The summed E-state index contributed by atoms with van der Waals surface area (Å²) in [5.74, 6) is -0.405. The number of benzene rings is 1. The van der Waals surface area contributed by atoms with Crippen molar-refractivity contribution in [3.63, 3.8) is 0 Å². The third-order valence-corrected chi connectivity index (χ3v) is 7.85. The van der Waals surface area contributed by atoms with E-state index >= 15 is 0 Å². The second-order valence-corrected chi connectivity index (χ2v) is 11.0. The van der Waals surface area contributed by atoms with Crippen molar-refractivity contribution in [1.82, 2.24) is 0 Å². The molecule has 1 saturated heterocycles. The first kappa shape index (κ1) is 32.3. The molecule has 6 atom stereocenters. The van der Waals surface area contributed by atoms with E-state index in [1.807, 2.05) is 24.3 Å². The molecule has 40 heavy (non-hydrogen) atoms. The second-order valence-electron chi connectivity index (χ2n) is 11.0. The number of carbonyl (C=O) groups excluding carboxylic acids is 2. The van der Waals surface area contributed by atoms with Crippen LogP contribution in [0, 0.1) is 11.8 Å². The highest BCUT2D eigenvalue weighted by Gasteiger charge is 2.45. The van der Waals surface area contributed by atoms with Crippen molar-refractivity contribution in [2.45, 2.75) is 109 Å². The van der Waals surface area contributed by atoms with Gasteiger partial charge < -0.3 is 28.8 Å². The molecule has 0 bridgehead atoms. The van der Waals surface area contributed by atoms with Crippen LogP contribution in [-0.2, 0) is 46.3 Å². The molecule has 1 unspecified atom stereocenters. The van der Waals surface area contributed by atoms with Gasteiger partial charge in [-0.2, -0.15) is 0 Å². The van der Waals surface area contributed by atoms with Gasteiger partial charge >= 0.3 is 11.9 Å². The Morgan fingerprint density at radius 2 is 1.90 bits per heavy atom. The minimum Gasteiger partial charge on any atom is -0.469 e. The zero-order chi connectivity index (χ0) is 28.7. The number of hydrogen-bond donors (Lipinski definition) is 1. The monoisotopic (exact) mass is 560 g/mol. The smallest absolute Gasteiger partial charge is 0.305 e. The van der Waals surface area contributed by atoms with Crippen LogP contribution >= 0.6 is 0 Å². The lowest BCUT2D eigenvalue weighted by atomic mass is 9.87. The van der Waals surface area contributed by atoms with Crippen LogP contribution in [0.3, 0.4) is 0 Å². The van der Waals surface area contributed by atoms with Crippen molar-refractivity contribution < 1.29 is 38.4 Å². The Labute approximate surface area is 239 Å². The highest BCUT2D eigenvalue weighted by Crippen LogP contribution is 2.42. The molecule has 8 nitrogen and oxygen atoms in total. The van der Waals surface area contributed by atoms with Gasteiger partial charge in [0.15, 0.2) is 6.29 Å². The fourth-order valence-corrected chi connectivity index (χ4v) is 5.92. The van der Waals surface area contributed by atoms with Crippen molar-refractivity contribution in [2.75, 3.05) is 20.8 Å². The Hall–Kier alpha value is -2.26. The van der Waals surface area contributed by atoms with Crippen LogP contribution < -0.4 is 0 Å². The van der Waals surface area contributed by atoms with Gasteiger partial charge in [0.2, 0.25) is 0 Å². The van der Waals surface area contributed by atoms with Gasteiger partial charge in [0.05, 0.1) is 25.9 Å². The van der Waals surface area contributed by atoms with Crippen molar-refractivity contribution >= 4 is 11.9 Å². The summed E-state index contributed by atoms with van der Waals surface area (Å²) < 4.78 is 28.1. The third-order valence-electron chi connectivity index (χ3n) is 7.85. The molecule has 224 valence electrons. The number of carbonyl (C=O) groups is 2. The zero-order valence-electron chi connectivity index (χ0n) is 24.4. The van der Waals surface area contributed by atoms with E-state index in [0.717, 1.165) is 62.5 Å². The van der Waals surface area contributed by atoms with E-state index in [4.69, 9.17) is 23.7 Å². The number of ether oxygens (including phenoxy) is 5. The number of esters is 2. The molecule has 1 heterocycles. The maximum atomic E-state index is 12.0. The first-order valence-corrected chi connectivity index (χ1v) is 14.8. The number of unbranched alkanes of at least 4 members (excludes halogenated alkanes) is 3. The summed E-state index contributed by atoms with van der Waals surface area (Å²) in [6.45, 7) is 2.68. The summed E-state index contributed by atoms with van der Waals surface area (Å²) in [5.41, 5.74) is 2.12. The molecule has 3 rings (SSSR count). The Balaban J connectivity index is 1.69. The Bertz CT molecular complexity index is 925. The van der Waals surface area contributed by atoms with E-state index in [-0.39, 0.29) is 42.3 Å². The van der Waals surface area contributed by atoms with Gasteiger partial charge in [-0.25, -0.2) is 0 Å². The number of hydrogen-bond acceptors (Lipinski definition) is 8. The molecule has 1 saturated carbocycles. The largest absolute Gasteiger partial charge is 0.469 e. The summed E-state index contributed by atoms with van der Waals surface area (Å²) in [5, 5.41) is 10.9. The molecule has 1 aromatic carbocycles. The van der Waals surface area contributed by atoms with Crippen molar-refractivity contribution in [3.05, 3.63) is 47.5 Å². The van der Waals surface area contributed by atoms with E-state index in [1.54, 1.807) is 7.11 Å². The van der Waals surface area contributed by atoms with Crippen molar-refractivity contribution in [1.29, 1.82) is 0 Å². The minimum atomic E-state index is -0.656. The van der Waals surface area contributed by atoms with E-state index in [9.17, 15) is 14.7 Å². The summed E-state index contributed by atoms with van der Waals surface area (Å²) in [7, 11) is 3.09. The number of aliphatic hydroxyl groups excluding tert-OH is 1. The molecule has 1 aliphatic heterocycles. The van der Waals surface area contributed by atoms with Gasteiger partial charge in [-0.1, -0.05) is 55.7 Å². The topological polar surface area (TPSA) is 101 Å². The fourth-order valence-electron chi connectivity index (χ4n) is 5.92. The van der Waals surface area contributed by atoms with Crippen LogP contribution in [0.1, 0.15) is 82.3 Å². The first-order valence-electron chi connectivity index (χ1n) is 14.8. The average Bonchev–Trinajstić information content (AvgIpc) is 3.24. The number of aliphatic hydroxyl groups is 1. The highest BCUT2D eigenvalue weighted by atomic mass is 16.7. The molecular weight excluding hydrogens is 512 g/mol. The maximum absolute atomic E-state index is 12.0. The molecule has 1 N–H and O–H groups in total. The zero-order valence-corrected chi connectivity index (χ0v) is 24.4. The average molecular weight is 561 g/mol. The number of methoxy groups -OCH3 is 2. The van der Waals surface area contributed by atoms with E-state index in [0.29, 0.717) is 32.5 Å². The summed E-state index contributed by atoms with van der Waals surface area (Å²) in [6, 6.07) is 8.06. The molecular formula is C32H48O8. The van der Waals surface area contributed by atoms with Gasteiger partial charge in [-0.3, -0.25) is 9.59 Å². The molecule has 1 aliphatic carbocycles. The summed E-state index contributed by atoms with van der Waals surface area (Å²) in [6.07, 6.45) is 11.7. The van der Waals surface area contributed by atoms with Crippen LogP contribution in [-0.4, -0.2) is 62.5 Å². The molecule has 0 aromatic heterocycles. The van der Waals surface area contributed by atoms with E-state index < -0.39 is 6.10 Å². The van der Waals surface area contributed by atoms with Gasteiger partial charge in [-0.05, 0) is 43.2 Å². The molecule has 0 amide bonds. The van der Waals surface area contributed by atoms with Crippen LogP contribution in [0.15, 0.2) is 36.4 Å². The van der Waals surface area contributed by atoms with Crippen molar-refractivity contribution in [3.8, 4) is 0 Å². The van der Waals surface area contributed by atoms with Crippen LogP contribution in [0.25, 0.3) is 0 Å². The van der Waals surface area contributed by atoms with Gasteiger partial charge in [0.1, 0.15) is 6.10 Å². The van der Waals surface area contributed by atoms with Crippen LogP contribution in [0.4, 0.5) is 0 Å². The first-order chi connectivity index (χ1) is 19.4. The minimum absolute atomic E-state index is 0.0144. The Morgan fingerprint density at radius 1 is 1.10 bits per heavy atom. The van der Waals surface area contributed by atoms with Crippen LogP contribution in [0.2, 0.25) is 0 Å². The fraction of sp³-hybridized carbons (Fsp3) is 0.688. The standard InChI is InChI=1S/C32H48O8/c1-23(33)39-29-21-30(40-32-15-8-9-18-38-32)28(27(29)13-6-4-5-7-14-31(35)37-3)17-16-26(34)20-24-11-10-12-25(19-24)22-36-2/h10-12,16-17,19,26-30,32,34H,4-9,13-15,18,20-22H2,1-3H3/b17-16+/t26-,27+,28+,29-,30+,32?/m0/s1. The lowest BCUT2D eigenvalue weighted by molar-refractivity contribution is -0.193. The van der Waals surface area contributed by atoms with Gasteiger partial charge in [-0.15, -0.1) is 0 Å². The molecule has 0 radical (unpaired) electrons. The second kappa shape index (κ2) is 17.5. The maximum Gasteiger partial charge on any atom is 0.305 e. The summed E-state index contributed by atoms with van der Waals surface area (Å²) in [4.78, 5) is 23.4. The quantitative estimate of drug-likeness (QED) is 0.165. The SMILES string of the molecule is COCc1cccc(C[C@@H](O)/C=C/[C@@H]2[C@@H](CCCCCCC(=O)OC)[C@@H](OC(C)=O)C[C@H]2OC2CCCCO2)c1. The van der Waals surface area contributed by atoms with Gasteiger partial charge in [0, 0.05) is 51.7 Å². The van der Waals surface area contributed by atoms with Crippen LogP contribution in [0.5, 0.6) is 0 Å². The predicted molar refractivity (Wildman–Crippen MR) is 151 cm³/mol. The lowest BCUT2D eigenvalue weighted by Crippen LogP contribution is -2.31. The van der Waals surface area contributed by atoms with Crippen molar-refractivity contribution in [2.24, 2.45) is 11.8 Å². The van der Waals surface area contributed by atoms with E-state index in [1.165, 1.54) is 14.0 Å². The normalized spacial score (nSPS) is 25.6. The molecule has 0 spiro atoms. The third kappa shape index (κ3) is 11.0. The number of rotatable bonds is 16. The van der Waals surface area contributed by atoms with E-state index in [2.05, 4.69) is 12.1 Å². The molecule has 8 heteroatoms. The molecule has 1 aromatic rings. The highest BCUT2D eigenvalue weighted by molar-refractivity contribution is 5.69. The molecule has 2 aliphatic rings. The Kier molecular flexibility index (Phi) is 14.1. The molecule has 2 fully saturated rings. The predicted octanol–water partition coefficient (Wildman–Crippen LogP) is 5.29. The summed E-state index contributed by atoms with van der Waals surface area (Å²) >= 11 is 0. The lowest BCUT2D eigenvalue weighted by Gasteiger charge is -2.29. The van der Waals surface area contributed by atoms with Gasteiger partial charge in [0.25, 0.3) is 0 Å².